The van der Waals surface area contributed by atoms with E-state index in [4.69, 9.17) is 0 Å². The fourth-order valence-corrected chi connectivity index (χ4v) is 1.15. The van der Waals surface area contributed by atoms with Crippen LogP contribution in [0.4, 0.5) is 35.1 Å². The standard InChI is InChI=1S/C12H12F8O4/c1-6(2)23-8(21)3-4-9(22)24-12(19,20)11(17,18)7(13)5-10(14,15)16/h3-4,6-7H,5H2,1-2H3. The van der Waals surface area contributed by atoms with Crippen LogP contribution >= 0.6 is 0 Å². The average molecular weight is 372 g/mol. The summed E-state index contributed by atoms with van der Waals surface area (Å²) in [5.74, 6) is -9.35. The molecule has 0 aliphatic rings. The molecule has 0 fully saturated rings. The van der Waals surface area contributed by atoms with Crippen molar-refractivity contribution >= 4 is 11.9 Å². The number of carbonyl (C=O) groups excluding carboxylic acids is 2. The molecule has 0 heterocycles. The van der Waals surface area contributed by atoms with E-state index < -0.39 is 48.8 Å². The van der Waals surface area contributed by atoms with Crippen molar-refractivity contribution in [3.63, 3.8) is 0 Å². The van der Waals surface area contributed by atoms with Crippen LogP contribution in [0.15, 0.2) is 12.2 Å². The fraction of sp³-hybridized carbons (Fsp3) is 0.667. The van der Waals surface area contributed by atoms with Crippen molar-refractivity contribution in [1.82, 2.24) is 0 Å². The van der Waals surface area contributed by atoms with E-state index >= 15 is 0 Å². The molecule has 0 aromatic rings. The van der Waals surface area contributed by atoms with E-state index in [9.17, 15) is 44.7 Å². The number of hydrogen-bond acceptors (Lipinski definition) is 4. The van der Waals surface area contributed by atoms with E-state index in [1.54, 1.807) is 0 Å². The lowest BCUT2D eigenvalue weighted by molar-refractivity contribution is -0.349. The molecule has 0 aliphatic carbocycles. The summed E-state index contributed by atoms with van der Waals surface area (Å²) >= 11 is 0. The van der Waals surface area contributed by atoms with Gasteiger partial charge in [-0.15, -0.1) is 0 Å². The van der Waals surface area contributed by atoms with Crippen molar-refractivity contribution in [2.75, 3.05) is 0 Å². The molecular weight excluding hydrogens is 360 g/mol. The number of carbonyl (C=O) groups is 2. The van der Waals surface area contributed by atoms with E-state index in [-0.39, 0.29) is 12.2 Å². The Balaban J connectivity index is 4.95. The number of ether oxygens (including phenoxy) is 2. The maximum Gasteiger partial charge on any atom is 0.469 e. The van der Waals surface area contributed by atoms with Crippen molar-refractivity contribution in [2.45, 2.75) is 50.8 Å². The first-order chi connectivity index (χ1) is 10.6. The second kappa shape index (κ2) is 7.79. The van der Waals surface area contributed by atoms with Crippen LogP contribution in [0.25, 0.3) is 0 Å². The third kappa shape index (κ3) is 7.13. The van der Waals surface area contributed by atoms with E-state index in [0.29, 0.717) is 0 Å². The van der Waals surface area contributed by atoms with Crippen LogP contribution in [0, 0.1) is 0 Å². The molecule has 0 N–H and O–H groups in total. The minimum atomic E-state index is -5.94. The van der Waals surface area contributed by atoms with E-state index in [1.165, 1.54) is 13.8 Å². The Morgan fingerprint density at radius 2 is 1.42 bits per heavy atom. The Bertz CT molecular complexity index is 484. The molecule has 0 bridgehead atoms. The molecule has 0 rings (SSSR count). The van der Waals surface area contributed by atoms with Gasteiger partial charge in [0.05, 0.1) is 12.5 Å². The van der Waals surface area contributed by atoms with Crippen LogP contribution in [-0.4, -0.2) is 42.4 Å². The number of esters is 2. The molecule has 0 radical (unpaired) electrons. The minimum Gasteiger partial charge on any atom is -0.460 e. The number of hydrogen-bond donors (Lipinski definition) is 0. The molecule has 0 saturated heterocycles. The summed E-state index contributed by atoms with van der Waals surface area (Å²) in [5, 5.41) is 0. The lowest BCUT2D eigenvalue weighted by Crippen LogP contribution is -2.51. The Kier molecular flexibility index (Phi) is 7.18. The summed E-state index contributed by atoms with van der Waals surface area (Å²) in [7, 11) is 0. The summed E-state index contributed by atoms with van der Waals surface area (Å²) < 4.78 is 108. The van der Waals surface area contributed by atoms with Crippen molar-refractivity contribution in [3.8, 4) is 0 Å². The van der Waals surface area contributed by atoms with Crippen LogP contribution in [-0.2, 0) is 19.1 Å². The Morgan fingerprint density at radius 3 is 1.83 bits per heavy atom. The number of alkyl halides is 8. The van der Waals surface area contributed by atoms with Gasteiger partial charge < -0.3 is 9.47 Å². The molecule has 1 atom stereocenters. The van der Waals surface area contributed by atoms with Gasteiger partial charge in [-0.2, -0.15) is 30.7 Å². The predicted molar refractivity (Wildman–Crippen MR) is 61.9 cm³/mol. The van der Waals surface area contributed by atoms with Gasteiger partial charge in [-0.3, -0.25) is 0 Å². The van der Waals surface area contributed by atoms with Gasteiger partial charge in [0.25, 0.3) is 0 Å². The first kappa shape index (κ1) is 22.1. The predicted octanol–water partition coefficient (Wildman–Crippen LogP) is 3.56. The molecule has 0 aliphatic heterocycles. The quantitative estimate of drug-likeness (QED) is 0.390. The fourth-order valence-electron chi connectivity index (χ4n) is 1.15. The van der Waals surface area contributed by atoms with E-state index in [1.807, 2.05) is 0 Å². The molecule has 0 saturated carbocycles. The van der Waals surface area contributed by atoms with Crippen LogP contribution < -0.4 is 0 Å². The van der Waals surface area contributed by atoms with Gasteiger partial charge in [0.2, 0.25) is 0 Å². The van der Waals surface area contributed by atoms with Crippen LogP contribution in [0.5, 0.6) is 0 Å². The lowest BCUT2D eigenvalue weighted by Gasteiger charge is -2.28. The highest BCUT2D eigenvalue weighted by atomic mass is 19.4. The summed E-state index contributed by atoms with van der Waals surface area (Å²) in [6.07, 6.45) is -19.0. The average Bonchev–Trinajstić information content (AvgIpc) is 2.32. The van der Waals surface area contributed by atoms with Crippen LogP contribution in [0.2, 0.25) is 0 Å². The second-order valence-corrected chi connectivity index (χ2v) is 4.67. The topological polar surface area (TPSA) is 52.6 Å². The van der Waals surface area contributed by atoms with Crippen LogP contribution in [0.3, 0.4) is 0 Å². The van der Waals surface area contributed by atoms with Crippen molar-refractivity contribution in [3.05, 3.63) is 12.2 Å². The van der Waals surface area contributed by atoms with Gasteiger partial charge >= 0.3 is 30.1 Å². The first-order valence-corrected chi connectivity index (χ1v) is 6.16. The molecule has 0 aromatic heterocycles. The van der Waals surface area contributed by atoms with Gasteiger partial charge in [-0.05, 0) is 13.8 Å². The first-order valence-electron chi connectivity index (χ1n) is 6.16. The molecule has 24 heavy (non-hydrogen) atoms. The summed E-state index contributed by atoms with van der Waals surface area (Å²) in [6, 6.07) is 0. The highest BCUT2D eigenvalue weighted by Gasteiger charge is 2.66. The zero-order valence-corrected chi connectivity index (χ0v) is 12.2. The second-order valence-electron chi connectivity index (χ2n) is 4.67. The maximum absolute atomic E-state index is 13.1. The normalized spacial score (nSPS) is 14.8. The molecule has 0 aromatic carbocycles. The zero-order valence-electron chi connectivity index (χ0n) is 12.2. The molecule has 12 heteroatoms. The smallest absolute Gasteiger partial charge is 0.460 e. The number of rotatable bonds is 7. The Labute approximate surface area is 130 Å². The molecular formula is C12H12F8O4. The maximum atomic E-state index is 13.1. The minimum absolute atomic E-state index is 0.0221. The van der Waals surface area contributed by atoms with Crippen LogP contribution in [0.1, 0.15) is 20.3 Å². The molecule has 0 spiro atoms. The van der Waals surface area contributed by atoms with Gasteiger partial charge in [0, 0.05) is 12.2 Å². The lowest BCUT2D eigenvalue weighted by atomic mass is 10.1. The highest BCUT2D eigenvalue weighted by Crippen LogP contribution is 2.42. The summed E-state index contributed by atoms with van der Waals surface area (Å²) in [6.45, 7) is 2.81. The van der Waals surface area contributed by atoms with Crippen molar-refractivity contribution in [2.24, 2.45) is 0 Å². The van der Waals surface area contributed by atoms with Gasteiger partial charge in [0.15, 0.2) is 6.17 Å². The Morgan fingerprint density at radius 1 is 0.958 bits per heavy atom. The monoisotopic (exact) mass is 372 g/mol. The van der Waals surface area contributed by atoms with E-state index in [2.05, 4.69) is 9.47 Å². The summed E-state index contributed by atoms with van der Waals surface area (Å²) in [4.78, 5) is 21.9. The third-order valence-corrected chi connectivity index (χ3v) is 2.13. The highest BCUT2D eigenvalue weighted by molar-refractivity contribution is 5.91. The van der Waals surface area contributed by atoms with Gasteiger partial charge in [-0.1, -0.05) is 0 Å². The SMILES string of the molecule is CC(C)OC(=O)C=CC(=O)OC(F)(F)C(F)(F)C(F)CC(F)(F)F. The Hall–Kier alpha value is -1.88. The largest absolute Gasteiger partial charge is 0.469 e. The zero-order chi connectivity index (χ0) is 19.3. The summed E-state index contributed by atoms with van der Waals surface area (Å²) in [5.41, 5.74) is 0. The molecule has 140 valence electrons. The van der Waals surface area contributed by atoms with Crippen molar-refractivity contribution < 1.29 is 54.2 Å². The van der Waals surface area contributed by atoms with Crippen molar-refractivity contribution in [1.29, 1.82) is 0 Å². The number of halogens is 8. The van der Waals surface area contributed by atoms with Gasteiger partial charge in [0.1, 0.15) is 0 Å². The molecule has 4 nitrogen and oxygen atoms in total. The van der Waals surface area contributed by atoms with Gasteiger partial charge in [-0.25, -0.2) is 14.0 Å². The van der Waals surface area contributed by atoms with E-state index in [0.717, 1.165) is 0 Å². The molecule has 1 unspecified atom stereocenters. The molecule has 0 amide bonds. The third-order valence-electron chi connectivity index (χ3n) is 2.13.